The number of amides is 2. The lowest BCUT2D eigenvalue weighted by Crippen LogP contribution is -2.31. The third-order valence-corrected chi connectivity index (χ3v) is 2.93. The van der Waals surface area contributed by atoms with E-state index in [0.29, 0.717) is 18.9 Å². The third kappa shape index (κ3) is 1.74. The Morgan fingerprint density at radius 3 is 2.46 bits per heavy atom. The summed E-state index contributed by atoms with van der Waals surface area (Å²) >= 11 is 0. The molecule has 0 aliphatic carbocycles. The average molecular weight is 183 g/mol. The lowest BCUT2D eigenvalue weighted by molar-refractivity contribution is -0.139. The fourth-order valence-corrected chi connectivity index (χ4v) is 1.77. The monoisotopic (exact) mass is 183 g/mol. The normalized spacial score (nSPS) is 25.5. The first kappa shape index (κ1) is 10.2. The molecule has 1 saturated heterocycles. The first-order chi connectivity index (χ1) is 6.11. The highest BCUT2D eigenvalue weighted by Crippen LogP contribution is 2.27. The van der Waals surface area contributed by atoms with Gasteiger partial charge in [-0.15, -0.1) is 0 Å². The fourth-order valence-electron chi connectivity index (χ4n) is 1.77. The van der Waals surface area contributed by atoms with Gasteiger partial charge in [0, 0.05) is 18.9 Å². The van der Waals surface area contributed by atoms with Crippen molar-refractivity contribution in [1.29, 1.82) is 0 Å². The van der Waals surface area contributed by atoms with Crippen LogP contribution in [0.25, 0.3) is 0 Å². The number of rotatable bonds is 3. The molecule has 0 spiro atoms. The molecule has 3 nitrogen and oxygen atoms in total. The van der Waals surface area contributed by atoms with E-state index in [1.807, 2.05) is 13.8 Å². The Kier molecular flexibility index (Phi) is 3.07. The third-order valence-electron chi connectivity index (χ3n) is 2.93. The predicted molar refractivity (Wildman–Crippen MR) is 50.0 cm³/mol. The summed E-state index contributed by atoms with van der Waals surface area (Å²) in [5.74, 6) is 0.296. The highest BCUT2D eigenvalue weighted by atomic mass is 16.2. The summed E-state index contributed by atoms with van der Waals surface area (Å²) in [6.07, 6.45) is 1.38. The van der Waals surface area contributed by atoms with Crippen molar-refractivity contribution in [1.82, 2.24) is 4.90 Å². The number of hydrogen-bond acceptors (Lipinski definition) is 2. The minimum absolute atomic E-state index is 0.00204. The van der Waals surface area contributed by atoms with Gasteiger partial charge in [0.05, 0.1) is 0 Å². The van der Waals surface area contributed by atoms with Gasteiger partial charge in [-0.3, -0.25) is 14.5 Å². The molecule has 1 heterocycles. The molecular weight excluding hydrogens is 166 g/mol. The molecule has 1 aliphatic rings. The molecule has 13 heavy (non-hydrogen) atoms. The van der Waals surface area contributed by atoms with Gasteiger partial charge in [0.25, 0.3) is 0 Å². The summed E-state index contributed by atoms with van der Waals surface area (Å²) in [5, 5.41) is 0. The van der Waals surface area contributed by atoms with E-state index >= 15 is 0 Å². The summed E-state index contributed by atoms with van der Waals surface area (Å²) in [7, 11) is 0. The first-order valence-electron chi connectivity index (χ1n) is 4.96. The molecule has 0 bridgehead atoms. The molecular formula is C10H17NO2. The maximum absolute atomic E-state index is 11.7. The predicted octanol–water partition coefficient (Wildman–Crippen LogP) is 1.43. The van der Waals surface area contributed by atoms with Gasteiger partial charge in [0.1, 0.15) is 0 Å². The Morgan fingerprint density at radius 1 is 1.46 bits per heavy atom. The molecule has 1 fully saturated rings. The largest absolute Gasteiger partial charge is 0.283 e. The molecule has 0 saturated carbocycles. The molecule has 0 aromatic heterocycles. The molecule has 0 N–H and O–H groups in total. The minimum Gasteiger partial charge on any atom is -0.283 e. The lowest BCUT2D eigenvalue weighted by Gasteiger charge is -2.15. The number of carbonyl (C=O) groups is 2. The van der Waals surface area contributed by atoms with E-state index in [1.54, 1.807) is 0 Å². The van der Waals surface area contributed by atoms with E-state index < -0.39 is 0 Å². The minimum atomic E-state index is -0.0579. The molecule has 74 valence electrons. The molecule has 2 atom stereocenters. The van der Waals surface area contributed by atoms with Crippen molar-refractivity contribution in [3.05, 3.63) is 0 Å². The van der Waals surface area contributed by atoms with Crippen LogP contribution in [0.1, 0.15) is 33.6 Å². The topological polar surface area (TPSA) is 37.4 Å². The van der Waals surface area contributed by atoms with Crippen molar-refractivity contribution in [2.75, 3.05) is 6.54 Å². The van der Waals surface area contributed by atoms with E-state index in [4.69, 9.17) is 0 Å². The van der Waals surface area contributed by atoms with Gasteiger partial charge >= 0.3 is 0 Å². The number of carbonyl (C=O) groups excluding carboxylic acids is 2. The van der Waals surface area contributed by atoms with Crippen LogP contribution in [0.4, 0.5) is 0 Å². The van der Waals surface area contributed by atoms with E-state index in [0.717, 1.165) is 6.42 Å². The van der Waals surface area contributed by atoms with Crippen LogP contribution >= 0.6 is 0 Å². The zero-order valence-corrected chi connectivity index (χ0v) is 8.54. The van der Waals surface area contributed by atoms with Crippen molar-refractivity contribution >= 4 is 11.8 Å². The second kappa shape index (κ2) is 3.90. The molecule has 0 aromatic rings. The Morgan fingerprint density at radius 2 is 2.08 bits per heavy atom. The quantitative estimate of drug-likeness (QED) is 0.621. The Bertz CT molecular complexity index is 225. The maximum atomic E-state index is 11.7. The number of likely N-dealkylation sites (tertiary alicyclic amines) is 1. The summed E-state index contributed by atoms with van der Waals surface area (Å²) < 4.78 is 0. The summed E-state index contributed by atoms with van der Waals surface area (Å²) in [6.45, 7) is 6.45. The van der Waals surface area contributed by atoms with E-state index in [-0.39, 0.29) is 17.7 Å². The zero-order chi connectivity index (χ0) is 10.0. The zero-order valence-electron chi connectivity index (χ0n) is 8.54. The summed E-state index contributed by atoms with van der Waals surface area (Å²) in [5.41, 5.74) is 0. The smallest absolute Gasteiger partial charge is 0.233 e. The second-order valence-electron chi connectivity index (χ2n) is 3.67. The molecule has 0 aromatic carbocycles. The van der Waals surface area contributed by atoms with Crippen LogP contribution in [0, 0.1) is 11.8 Å². The molecule has 2 amide bonds. The summed E-state index contributed by atoms with van der Waals surface area (Å²) in [6, 6.07) is 0. The summed E-state index contributed by atoms with van der Waals surface area (Å²) in [4.78, 5) is 24.4. The number of hydrogen-bond donors (Lipinski definition) is 0. The van der Waals surface area contributed by atoms with Crippen molar-refractivity contribution < 1.29 is 9.59 Å². The van der Waals surface area contributed by atoms with Gasteiger partial charge in [-0.05, 0) is 12.8 Å². The number of imide groups is 1. The second-order valence-corrected chi connectivity index (χ2v) is 3.67. The fraction of sp³-hybridized carbons (Fsp3) is 0.800. The molecule has 2 unspecified atom stereocenters. The van der Waals surface area contributed by atoms with E-state index in [1.165, 1.54) is 4.90 Å². The van der Waals surface area contributed by atoms with E-state index in [9.17, 15) is 9.59 Å². The first-order valence-corrected chi connectivity index (χ1v) is 4.96. The van der Waals surface area contributed by atoms with Gasteiger partial charge in [0.2, 0.25) is 11.8 Å². The highest BCUT2D eigenvalue weighted by molar-refractivity contribution is 6.03. The lowest BCUT2D eigenvalue weighted by atomic mass is 9.90. The molecule has 3 heteroatoms. The van der Waals surface area contributed by atoms with Gasteiger partial charge in [-0.1, -0.05) is 20.3 Å². The van der Waals surface area contributed by atoms with Crippen LogP contribution < -0.4 is 0 Å². The van der Waals surface area contributed by atoms with Gasteiger partial charge < -0.3 is 0 Å². The Balaban J connectivity index is 2.72. The van der Waals surface area contributed by atoms with Gasteiger partial charge in [-0.2, -0.15) is 0 Å². The van der Waals surface area contributed by atoms with Crippen LogP contribution in [0.15, 0.2) is 0 Å². The van der Waals surface area contributed by atoms with E-state index in [2.05, 4.69) is 6.92 Å². The van der Waals surface area contributed by atoms with Crippen molar-refractivity contribution in [2.45, 2.75) is 33.6 Å². The van der Waals surface area contributed by atoms with Gasteiger partial charge in [-0.25, -0.2) is 0 Å². The van der Waals surface area contributed by atoms with Crippen LogP contribution in [-0.4, -0.2) is 23.3 Å². The van der Waals surface area contributed by atoms with Crippen molar-refractivity contribution in [2.24, 2.45) is 11.8 Å². The molecule has 1 rings (SSSR count). The molecule has 0 radical (unpaired) electrons. The number of nitrogens with zero attached hydrogens (tertiary/aromatic N) is 1. The van der Waals surface area contributed by atoms with Crippen LogP contribution in [0.3, 0.4) is 0 Å². The van der Waals surface area contributed by atoms with Crippen molar-refractivity contribution in [3.63, 3.8) is 0 Å². The van der Waals surface area contributed by atoms with Gasteiger partial charge in [0.15, 0.2) is 0 Å². The van der Waals surface area contributed by atoms with Crippen LogP contribution in [0.5, 0.6) is 0 Å². The average Bonchev–Trinajstić information content (AvgIpc) is 2.40. The van der Waals surface area contributed by atoms with Crippen LogP contribution in [-0.2, 0) is 9.59 Å². The standard InChI is InChI=1S/C10H17NO2/c1-4-7(3)8-6-9(12)11(5-2)10(8)13/h7-8H,4-6H2,1-3H3. The van der Waals surface area contributed by atoms with Crippen molar-refractivity contribution in [3.8, 4) is 0 Å². The maximum Gasteiger partial charge on any atom is 0.233 e. The Labute approximate surface area is 79.1 Å². The van der Waals surface area contributed by atoms with Crippen LogP contribution in [0.2, 0.25) is 0 Å². The molecule has 1 aliphatic heterocycles. The highest BCUT2D eigenvalue weighted by Gasteiger charge is 2.39. The Hall–Kier alpha value is -0.860. The SMILES string of the molecule is CCC(C)C1CC(=O)N(CC)C1=O.